The molecule has 1 aliphatic heterocycles. The first kappa shape index (κ1) is 17.5. The van der Waals surface area contributed by atoms with Gasteiger partial charge in [0.25, 0.3) is 0 Å². The van der Waals surface area contributed by atoms with Crippen molar-refractivity contribution < 1.29 is 18.0 Å². The van der Waals surface area contributed by atoms with Crippen molar-refractivity contribution in [1.82, 2.24) is 15.1 Å². The van der Waals surface area contributed by atoms with Gasteiger partial charge in [0, 0.05) is 19.6 Å². The molecule has 0 radical (unpaired) electrons. The smallest absolute Gasteiger partial charge is 0.341 e. The van der Waals surface area contributed by atoms with Crippen LogP contribution in [0, 0.1) is 11.8 Å². The van der Waals surface area contributed by atoms with Gasteiger partial charge in [-0.1, -0.05) is 6.92 Å². The maximum Gasteiger partial charge on any atom is 0.401 e. The highest BCUT2D eigenvalue weighted by Gasteiger charge is 2.33. The van der Waals surface area contributed by atoms with E-state index in [1.165, 1.54) is 17.7 Å². The number of likely N-dealkylation sites (tertiary alicyclic amines) is 1. The van der Waals surface area contributed by atoms with Crippen molar-refractivity contribution in [3.8, 4) is 0 Å². The number of alkyl halides is 3. The molecule has 1 atom stereocenters. The van der Waals surface area contributed by atoms with Crippen LogP contribution < -0.4 is 5.32 Å². The molecular weight excluding hydrogens is 295 g/mol. The fraction of sp³-hybridized carbons (Fsp3) is 0.933. The molecule has 0 aromatic rings. The Hall–Kier alpha value is -0.820. The van der Waals surface area contributed by atoms with Crippen molar-refractivity contribution >= 4 is 5.91 Å². The molecule has 0 aromatic heterocycles. The molecule has 7 heteroatoms. The number of carbonyl (C=O) groups is 1. The highest BCUT2D eigenvalue weighted by atomic mass is 19.4. The van der Waals surface area contributed by atoms with Gasteiger partial charge in [-0.15, -0.1) is 0 Å². The number of hydrogen-bond donors (Lipinski definition) is 1. The average molecular weight is 321 g/mol. The minimum absolute atomic E-state index is 0.0713. The second kappa shape index (κ2) is 7.64. The van der Waals surface area contributed by atoms with Crippen LogP contribution in [0.15, 0.2) is 0 Å². The van der Waals surface area contributed by atoms with Gasteiger partial charge in [-0.2, -0.15) is 13.2 Å². The van der Waals surface area contributed by atoms with E-state index in [0.717, 1.165) is 18.9 Å². The van der Waals surface area contributed by atoms with E-state index in [2.05, 4.69) is 5.32 Å². The molecule has 1 amide bonds. The average Bonchev–Trinajstić information content (AvgIpc) is 3.13. The number of halogens is 3. The van der Waals surface area contributed by atoms with E-state index >= 15 is 0 Å². The summed E-state index contributed by atoms with van der Waals surface area (Å²) in [6.45, 7) is 4.17. The van der Waals surface area contributed by atoms with Gasteiger partial charge in [-0.05, 0) is 44.2 Å². The van der Waals surface area contributed by atoms with Crippen LogP contribution in [-0.2, 0) is 4.79 Å². The van der Waals surface area contributed by atoms with Crippen molar-refractivity contribution in [2.75, 3.05) is 45.8 Å². The third-order valence-corrected chi connectivity index (χ3v) is 4.41. The molecule has 1 saturated carbocycles. The normalized spacial score (nSPS) is 22.6. The number of nitrogens with zero attached hydrogens (tertiary/aromatic N) is 2. The van der Waals surface area contributed by atoms with Gasteiger partial charge in [-0.25, -0.2) is 0 Å². The van der Waals surface area contributed by atoms with Crippen LogP contribution in [0.2, 0.25) is 0 Å². The Bertz CT molecular complexity index is 372. The Balaban J connectivity index is 1.67. The van der Waals surface area contributed by atoms with Crippen LogP contribution in [-0.4, -0.2) is 67.7 Å². The summed E-state index contributed by atoms with van der Waals surface area (Å²) in [4.78, 5) is 15.3. The van der Waals surface area contributed by atoms with E-state index in [9.17, 15) is 18.0 Å². The topological polar surface area (TPSA) is 35.6 Å². The summed E-state index contributed by atoms with van der Waals surface area (Å²) in [7, 11) is 0. The van der Waals surface area contributed by atoms with E-state index in [4.69, 9.17) is 0 Å². The predicted octanol–water partition coefficient (Wildman–Crippen LogP) is 1.72. The maximum absolute atomic E-state index is 12.5. The predicted molar refractivity (Wildman–Crippen MR) is 78.4 cm³/mol. The Kier molecular flexibility index (Phi) is 6.09. The SMILES string of the molecule is CCN(CC1CCN(C(=O)CNCC2CC2)C1)CC(F)(F)F. The molecule has 2 rings (SSSR count). The molecule has 4 nitrogen and oxygen atoms in total. The molecule has 1 heterocycles. The Morgan fingerprint density at radius 3 is 2.59 bits per heavy atom. The van der Waals surface area contributed by atoms with Crippen molar-refractivity contribution in [3.63, 3.8) is 0 Å². The monoisotopic (exact) mass is 321 g/mol. The lowest BCUT2D eigenvalue weighted by atomic mass is 10.1. The van der Waals surface area contributed by atoms with Gasteiger partial charge in [0.2, 0.25) is 5.91 Å². The second-order valence-electron chi connectivity index (χ2n) is 6.51. The minimum Gasteiger partial charge on any atom is -0.341 e. The van der Waals surface area contributed by atoms with Gasteiger partial charge >= 0.3 is 6.18 Å². The highest BCUT2D eigenvalue weighted by molar-refractivity contribution is 5.78. The largest absolute Gasteiger partial charge is 0.401 e. The van der Waals surface area contributed by atoms with Crippen LogP contribution in [0.5, 0.6) is 0 Å². The number of nitrogens with one attached hydrogen (secondary N) is 1. The summed E-state index contributed by atoms with van der Waals surface area (Å²) in [6.07, 6.45) is -0.863. The zero-order chi connectivity index (χ0) is 16.2. The Morgan fingerprint density at radius 2 is 2.00 bits per heavy atom. The minimum atomic E-state index is -4.16. The number of rotatable bonds is 8. The van der Waals surface area contributed by atoms with Crippen LogP contribution in [0.4, 0.5) is 13.2 Å². The summed E-state index contributed by atoms with van der Waals surface area (Å²) in [5.74, 6) is 0.955. The summed E-state index contributed by atoms with van der Waals surface area (Å²) in [6, 6.07) is 0. The van der Waals surface area contributed by atoms with Crippen LogP contribution in [0.1, 0.15) is 26.2 Å². The van der Waals surface area contributed by atoms with Crippen molar-refractivity contribution in [2.45, 2.75) is 32.4 Å². The third-order valence-electron chi connectivity index (χ3n) is 4.41. The van der Waals surface area contributed by atoms with Crippen LogP contribution in [0.25, 0.3) is 0 Å². The molecule has 0 aromatic carbocycles. The molecule has 2 fully saturated rings. The summed E-state index contributed by atoms with van der Waals surface area (Å²) in [5.41, 5.74) is 0. The van der Waals surface area contributed by atoms with Crippen molar-refractivity contribution in [2.24, 2.45) is 11.8 Å². The molecule has 1 aliphatic carbocycles. The van der Waals surface area contributed by atoms with Gasteiger partial charge < -0.3 is 10.2 Å². The van der Waals surface area contributed by atoms with Crippen LogP contribution in [0.3, 0.4) is 0 Å². The summed E-state index contributed by atoms with van der Waals surface area (Å²) < 4.78 is 37.4. The maximum atomic E-state index is 12.5. The molecule has 22 heavy (non-hydrogen) atoms. The van der Waals surface area contributed by atoms with E-state index in [-0.39, 0.29) is 11.8 Å². The second-order valence-corrected chi connectivity index (χ2v) is 6.51. The number of hydrogen-bond acceptors (Lipinski definition) is 3. The fourth-order valence-electron chi connectivity index (χ4n) is 2.95. The number of carbonyl (C=O) groups excluding carboxylic acids is 1. The molecule has 1 unspecified atom stereocenters. The molecule has 128 valence electrons. The first-order valence-corrected chi connectivity index (χ1v) is 8.15. The molecule has 0 bridgehead atoms. The lowest BCUT2D eigenvalue weighted by molar-refractivity contribution is -0.146. The van der Waals surface area contributed by atoms with E-state index in [0.29, 0.717) is 32.7 Å². The lowest BCUT2D eigenvalue weighted by Gasteiger charge is -2.25. The molecular formula is C15H26F3N3O. The zero-order valence-corrected chi connectivity index (χ0v) is 13.2. The third kappa shape index (κ3) is 6.12. The van der Waals surface area contributed by atoms with Crippen LogP contribution >= 0.6 is 0 Å². The highest BCUT2D eigenvalue weighted by Crippen LogP contribution is 2.27. The lowest BCUT2D eigenvalue weighted by Crippen LogP contribution is -2.40. The van der Waals surface area contributed by atoms with Crippen molar-refractivity contribution in [3.05, 3.63) is 0 Å². The first-order chi connectivity index (χ1) is 10.4. The van der Waals surface area contributed by atoms with Gasteiger partial charge in [0.1, 0.15) is 0 Å². The van der Waals surface area contributed by atoms with Gasteiger partial charge in [-0.3, -0.25) is 9.69 Å². The van der Waals surface area contributed by atoms with E-state index in [1.54, 1.807) is 11.8 Å². The fourth-order valence-corrected chi connectivity index (χ4v) is 2.95. The quantitative estimate of drug-likeness (QED) is 0.739. The van der Waals surface area contributed by atoms with Gasteiger partial charge in [0.05, 0.1) is 13.1 Å². The Labute approximate surface area is 130 Å². The molecule has 0 spiro atoms. The van der Waals surface area contributed by atoms with E-state index in [1.807, 2.05) is 0 Å². The molecule has 1 saturated heterocycles. The standard InChI is InChI=1S/C15H26F3N3O/c1-2-20(11-15(16,17)18)9-13-5-6-21(10-13)14(22)8-19-7-12-3-4-12/h12-13,19H,2-11H2,1H3. The van der Waals surface area contributed by atoms with Gasteiger partial charge in [0.15, 0.2) is 0 Å². The summed E-state index contributed by atoms with van der Waals surface area (Å²) >= 11 is 0. The molecule has 1 N–H and O–H groups in total. The van der Waals surface area contributed by atoms with E-state index < -0.39 is 12.7 Å². The first-order valence-electron chi connectivity index (χ1n) is 8.15. The van der Waals surface area contributed by atoms with Crippen molar-refractivity contribution in [1.29, 1.82) is 0 Å². The number of amides is 1. The zero-order valence-electron chi connectivity index (χ0n) is 13.2. The molecule has 2 aliphatic rings. The Morgan fingerprint density at radius 1 is 1.27 bits per heavy atom. The summed E-state index contributed by atoms with van der Waals surface area (Å²) in [5, 5.41) is 3.17.